The van der Waals surface area contributed by atoms with Gasteiger partial charge in [-0.1, -0.05) is 30.3 Å². The molecule has 0 saturated carbocycles. The fourth-order valence-electron chi connectivity index (χ4n) is 2.12. The summed E-state index contributed by atoms with van der Waals surface area (Å²) >= 11 is 0. The minimum Gasteiger partial charge on any atom is -0.348 e. The van der Waals surface area contributed by atoms with Crippen LogP contribution in [-0.2, 0) is 11.3 Å². The predicted molar refractivity (Wildman–Crippen MR) is 83.4 cm³/mol. The van der Waals surface area contributed by atoms with Crippen LogP contribution < -0.4 is 5.32 Å². The molecule has 0 fully saturated rings. The zero-order chi connectivity index (χ0) is 14.5. The van der Waals surface area contributed by atoms with Crippen LogP contribution in [0.3, 0.4) is 0 Å². The van der Waals surface area contributed by atoms with Crippen molar-refractivity contribution in [3.05, 3.63) is 72.1 Å². The number of hydrogen-bond acceptors (Lipinski definition) is 2. The summed E-state index contributed by atoms with van der Waals surface area (Å²) in [5, 5.41) is 3.86. The van der Waals surface area contributed by atoms with Crippen molar-refractivity contribution in [2.75, 3.05) is 0 Å². The number of carbonyl (C=O) groups is 1. The van der Waals surface area contributed by atoms with E-state index < -0.39 is 0 Å². The van der Waals surface area contributed by atoms with Gasteiger partial charge in [-0.25, -0.2) is 4.98 Å². The number of nitrogens with one attached hydrogen (secondary N) is 2. The Labute approximate surface area is 122 Å². The molecule has 2 aromatic heterocycles. The highest BCUT2D eigenvalue weighted by Crippen LogP contribution is 2.16. The summed E-state index contributed by atoms with van der Waals surface area (Å²) in [6, 6.07) is 13.7. The zero-order valence-corrected chi connectivity index (χ0v) is 11.4. The van der Waals surface area contributed by atoms with Crippen LogP contribution in [0.4, 0.5) is 0 Å². The van der Waals surface area contributed by atoms with Crippen molar-refractivity contribution >= 4 is 23.0 Å². The largest absolute Gasteiger partial charge is 0.348 e. The first-order valence-corrected chi connectivity index (χ1v) is 6.75. The van der Waals surface area contributed by atoms with Gasteiger partial charge in [-0.3, -0.25) is 4.79 Å². The number of amides is 1. The Balaban J connectivity index is 1.64. The molecule has 0 bridgehead atoms. The summed E-state index contributed by atoms with van der Waals surface area (Å²) in [5.41, 5.74) is 2.85. The standard InChI is InChI=1S/C17H15N3O/c21-16(19-11-13-5-2-1-3-6-13)9-8-14-12-20-17-15(14)7-4-10-18-17/h1-10,12H,11H2,(H,18,20)(H,19,21). The third-order valence-electron chi connectivity index (χ3n) is 3.21. The number of rotatable bonds is 4. The first-order valence-electron chi connectivity index (χ1n) is 6.75. The molecule has 1 aromatic carbocycles. The van der Waals surface area contributed by atoms with E-state index in [2.05, 4.69) is 15.3 Å². The maximum Gasteiger partial charge on any atom is 0.244 e. The van der Waals surface area contributed by atoms with Gasteiger partial charge in [0, 0.05) is 36.0 Å². The van der Waals surface area contributed by atoms with E-state index in [9.17, 15) is 4.79 Å². The number of hydrogen-bond donors (Lipinski definition) is 2. The lowest BCUT2D eigenvalue weighted by atomic mass is 10.2. The van der Waals surface area contributed by atoms with E-state index >= 15 is 0 Å². The Kier molecular flexibility index (Phi) is 3.78. The van der Waals surface area contributed by atoms with Gasteiger partial charge in [-0.05, 0) is 23.8 Å². The molecule has 2 heterocycles. The monoisotopic (exact) mass is 277 g/mol. The Morgan fingerprint density at radius 2 is 2.05 bits per heavy atom. The van der Waals surface area contributed by atoms with E-state index in [0.717, 1.165) is 22.2 Å². The van der Waals surface area contributed by atoms with Crippen LogP contribution in [0.25, 0.3) is 17.1 Å². The molecule has 21 heavy (non-hydrogen) atoms. The summed E-state index contributed by atoms with van der Waals surface area (Å²) in [4.78, 5) is 19.1. The number of aromatic amines is 1. The van der Waals surface area contributed by atoms with Gasteiger partial charge in [0.15, 0.2) is 0 Å². The molecular formula is C17H15N3O. The van der Waals surface area contributed by atoms with E-state index in [1.165, 1.54) is 0 Å². The number of nitrogens with zero attached hydrogens (tertiary/aromatic N) is 1. The van der Waals surface area contributed by atoms with E-state index in [1.807, 2.05) is 48.7 Å². The molecule has 0 spiro atoms. The molecule has 2 N–H and O–H groups in total. The fourth-order valence-corrected chi connectivity index (χ4v) is 2.12. The molecule has 4 heteroatoms. The Bertz CT molecular complexity index is 775. The summed E-state index contributed by atoms with van der Waals surface area (Å²) < 4.78 is 0. The van der Waals surface area contributed by atoms with Gasteiger partial charge < -0.3 is 10.3 Å². The van der Waals surface area contributed by atoms with Crippen LogP contribution in [0.5, 0.6) is 0 Å². The SMILES string of the molecule is O=C(C=Cc1c[nH]c2ncccc12)NCc1ccccc1. The summed E-state index contributed by atoms with van der Waals surface area (Å²) in [5.74, 6) is -0.114. The van der Waals surface area contributed by atoms with Crippen LogP contribution in [0.2, 0.25) is 0 Å². The first kappa shape index (κ1) is 13.1. The molecular weight excluding hydrogens is 262 g/mol. The molecule has 3 aromatic rings. The van der Waals surface area contributed by atoms with Crippen LogP contribution >= 0.6 is 0 Å². The maximum absolute atomic E-state index is 11.8. The summed E-state index contributed by atoms with van der Waals surface area (Å²) in [6.45, 7) is 0.527. The number of H-pyrrole nitrogens is 1. The van der Waals surface area contributed by atoms with Gasteiger partial charge in [0.25, 0.3) is 0 Å². The second-order valence-electron chi connectivity index (χ2n) is 4.68. The van der Waals surface area contributed by atoms with Crippen molar-refractivity contribution in [1.82, 2.24) is 15.3 Å². The normalized spacial score (nSPS) is 11.0. The highest BCUT2D eigenvalue weighted by atomic mass is 16.1. The number of pyridine rings is 1. The van der Waals surface area contributed by atoms with E-state index in [1.54, 1.807) is 18.3 Å². The molecule has 1 amide bonds. The number of carbonyl (C=O) groups excluding carboxylic acids is 1. The molecule has 4 nitrogen and oxygen atoms in total. The van der Waals surface area contributed by atoms with Gasteiger partial charge >= 0.3 is 0 Å². The van der Waals surface area contributed by atoms with Crippen LogP contribution in [0, 0.1) is 0 Å². The van der Waals surface area contributed by atoms with E-state index in [4.69, 9.17) is 0 Å². The van der Waals surface area contributed by atoms with Crippen molar-refractivity contribution in [2.45, 2.75) is 6.54 Å². The second kappa shape index (κ2) is 6.05. The smallest absolute Gasteiger partial charge is 0.244 e. The average Bonchev–Trinajstić information content (AvgIpc) is 2.95. The van der Waals surface area contributed by atoms with Gasteiger partial charge in [0.05, 0.1) is 0 Å². The van der Waals surface area contributed by atoms with Crippen LogP contribution in [0.1, 0.15) is 11.1 Å². The quantitative estimate of drug-likeness (QED) is 0.720. The molecule has 3 rings (SSSR count). The summed E-state index contributed by atoms with van der Waals surface area (Å²) in [6.07, 6.45) is 6.91. The van der Waals surface area contributed by atoms with Crippen molar-refractivity contribution in [3.8, 4) is 0 Å². The highest BCUT2D eigenvalue weighted by Gasteiger charge is 2.01. The number of aromatic nitrogens is 2. The lowest BCUT2D eigenvalue weighted by Gasteiger charge is -2.01. The summed E-state index contributed by atoms with van der Waals surface area (Å²) in [7, 11) is 0. The lowest BCUT2D eigenvalue weighted by molar-refractivity contribution is -0.116. The first-order chi connectivity index (χ1) is 10.3. The van der Waals surface area contributed by atoms with Crippen LogP contribution in [0.15, 0.2) is 60.9 Å². The third kappa shape index (κ3) is 3.17. The number of benzene rings is 1. The molecule has 104 valence electrons. The van der Waals surface area contributed by atoms with Crippen molar-refractivity contribution in [3.63, 3.8) is 0 Å². The van der Waals surface area contributed by atoms with Crippen molar-refractivity contribution in [2.24, 2.45) is 0 Å². The molecule has 0 unspecified atom stereocenters. The minimum atomic E-state index is -0.114. The molecule has 0 saturated heterocycles. The molecule has 0 aliphatic carbocycles. The predicted octanol–water partition coefficient (Wildman–Crippen LogP) is 2.89. The van der Waals surface area contributed by atoms with Crippen molar-refractivity contribution in [1.29, 1.82) is 0 Å². The number of fused-ring (bicyclic) bond motifs is 1. The molecule has 0 atom stereocenters. The lowest BCUT2D eigenvalue weighted by Crippen LogP contribution is -2.20. The molecule has 0 aliphatic rings. The topological polar surface area (TPSA) is 57.8 Å². The van der Waals surface area contributed by atoms with E-state index in [0.29, 0.717) is 6.54 Å². The molecule has 0 radical (unpaired) electrons. The Hall–Kier alpha value is -2.88. The van der Waals surface area contributed by atoms with Gasteiger partial charge in [0.1, 0.15) is 5.65 Å². The Morgan fingerprint density at radius 1 is 1.19 bits per heavy atom. The van der Waals surface area contributed by atoms with Gasteiger partial charge in [0.2, 0.25) is 5.91 Å². The minimum absolute atomic E-state index is 0.114. The zero-order valence-electron chi connectivity index (χ0n) is 11.4. The second-order valence-corrected chi connectivity index (χ2v) is 4.68. The third-order valence-corrected chi connectivity index (χ3v) is 3.21. The van der Waals surface area contributed by atoms with Gasteiger partial charge in [-0.2, -0.15) is 0 Å². The van der Waals surface area contributed by atoms with Gasteiger partial charge in [-0.15, -0.1) is 0 Å². The van der Waals surface area contributed by atoms with Crippen molar-refractivity contribution < 1.29 is 4.79 Å². The Morgan fingerprint density at radius 3 is 2.90 bits per heavy atom. The highest BCUT2D eigenvalue weighted by molar-refractivity contribution is 5.95. The molecule has 0 aliphatic heterocycles. The fraction of sp³-hybridized carbons (Fsp3) is 0.0588. The van der Waals surface area contributed by atoms with E-state index in [-0.39, 0.29) is 5.91 Å². The van der Waals surface area contributed by atoms with Crippen LogP contribution in [-0.4, -0.2) is 15.9 Å². The maximum atomic E-state index is 11.8. The average molecular weight is 277 g/mol.